The zero-order chi connectivity index (χ0) is 49.2. The molecule has 394 valence electrons. The van der Waals surface area contributed by atoms with E-state index < -0.39 is 6.10 Å². The molecular weight excluding hydrogens is 837 g/mol. The largest absolute Gasteiger partial charge is 0.462 e. The number of ether oxygens (including phenoxy) is 3. The summed E-state index contributed by atoms with van der Waals surface area (Å²) in [6.07, 6.45) is 76.3. The molecule has 0 rings (SSSR count). The number of allylic oxidation sites excluding steroid dienone is 12. The molecule has 0 heterocycles. The number of carbonyl (C=O) groups excluding carboxylic acids is 2. The van der Waals surface area contributed by atoms with Crippen molar-refractivity contribution in [2.24, 2.45) is 0 Å². The second-order valence-electron chi connectivity index (χ2n) is 19.5. The van der Waals surface area contributed by atoms with Crippen LogP contribution in [0.5, 0.6) is 0 Å². The lowest BCUT2D eigenvalue weighted by atomic mass is 10.0. The van der Waals surface area contributed by atoms with E-state index in [4.69, 9.17) is 14.2 Å². The van der Waals surface area contributed by atoms with E-state index in [2.05, 4.69) is 93.7 Å². The van der Waals surface area contributed by atoms with E-state index in [9.17, 15) is 9.59 Å². The first-order valence-corrected chi connectivity index (χ1v) is 29.5. The van der Waals surface area contributed by atoms with Crippen molar-refractivity contribution in [2.75, 3.05) is 19.8 Å². The Morgan fingerprint density at radius 2 is 0.662 bits per heavy atom. The average molecular weight is 950 g/mol. The first-order valence-electron chi connectivity index (χ1n) is 29.5. The second-order valence-corrected chi connectivity index (χ2v) is 19.5. The molecule has 0 aliphatic heterocycles. The fourth-order valence-corrected chi connectivity index (χ4v) is 8.36. The van der Waals surface area contributed by atoms with Gasteiger partial charge in [0.1, 0.15) is 6.61 Å². The van der Waals surface area contributed by atoms with E-state index in [0.717, 1.165) is 89.9 Å². The van der Waals surface area contributed by atoms with E-state index in [1.807, 2.05) is 0 Å². The number of hydrogen-bond donors (Lipinski definition) is 0. The number of carbonyl (C=O) groups is 2. The highest BCUT2D eigenvalue weighted by molar-refractivity contribution is 5.70. The van der Waals surface area contributed by atoms with Crippen molar-refractivity contribution >= 4 is 11.9 Å². The van der Waals surface area contributed by atoms with Gasteiger partial charge < -0.3 is 14.2 Å². The van der Waals surface area contributed by atoms with Crippen LogP contribution in [-0.4, -0.2) is 37.9 Å². The summed E-state index contributed by atoms with van der Waals surface area (Å²) in [5, 5.41) is 0. The van der Waals surface area contributed by atoms with Crippen molar-refractivity contribution in [3.8, 4) is 0 Å². The Morgan fingerprint density at radius 1 is 0.338 bits per heavy atom. The summed E-state index contributed by atoms with van der Waals surface area (Å²) in [4.78, 5) is 25.5. The Bertz CT molecular complexity index is 1210. The lowest BCUT2D eigenvalue weighted by molar-refractivity contribution is -0.163. The number of unbranched alkanes of at least 4 members (excludes halogenated alkanes) is 31. The van der Waals surface area contributed by atoms with Crippen LogP contribution in [0.3, 0.4) is 0 Å². The molecule has 0 aromatic heterocycles. The van der Waals surface area contributed by atoms with Gasteiger partial charge in [0, 0.05) is 19.4 Å². The van der Waals surface area contributed by atoms with E-state index >= 15 is 0 Å². The standard InChI is InChI=1S/C63H112O5/c1-4-7-10-13-16-19-22-25-28-31-32-34-35-38-41-44-47-50-53-56-62(64)67-60-61(59-66-58-55-52-49-46-43-40-37-30-27-24-21-18-15-12-9-6-3)68-63(65)57-54-51-48-45-42-39-36-33-29-26-23-20-17-14-11-8-5-2/h7,10,16-17,19-20,25-26,28-29,32,34,61H,4-6,8-9,11-15,18,21-24,27,30-31,33,35-60H2,1-3H3/b10-7-,19-16-,20-17-,28-25-,29-26-,34-32-. The van der Waals surface area contributed by atoms with Crippen molar-refractivity contribution in [3.05, 3.63) is 72.9 Å². The summed E-state index contributed by atoms with van der Waals surface area (Å²) in [6.45, 7) is 7.71. The maximum Gasteiger partial charge on any atom is 0.306 e. The Morgan fingerprint density at radius 3 is 1.09 bits per heavy atom. The van der Waals surface area contributed by atoms with Gasteiger partial charge in [0.15, 0.2) is 6.10 Å². The topological polar surface area (TPSA) is 61.8 Å². The molecule has 0 amide bonds. The van der Waals surface area contributed by atoms with E-state index in [1.165, 1.54) is 167 Å². The molecule has 0 saturated heterocycles. The molecule has 1 atom stereocenters. The first kappa shape index (κ1) is 65.3. The van der Waals surface area contributed by atoms with E-state index in [-0.39, 0.29) is 25.2 Å². The SMILES string of the molecule is CC/C=C\C/C=C\C/C=C\C/C=C\CCCCCCCCC(=O)OCC(COCCCCCCCCCCCCCCCCCC)OC(=O)CCCCCCCCC/C=C\C/C=C\CCCCC. The van der Waals surface area contributed by atoms with E-state index in [1.54, 1.807) is 0 Å². The Balaban J connectivity index is 4.30. The highest BCUT2D eigenvalue weighted by atomic mass is 16.6. The van der Waals surface area contributed by atoms with Gasteiger partial charge in [-0.15, -0.1) is 0 Å². The Kier molecular flexibility index (Phi) is 56.4. The third kappa shape index (κ3) is 55.9. The first-order chi connectivity index (χ1) is 33.6. The normalized spacial score (nSPS) is 12.7. The molecule has 0 aromatic carbocycles. The van der Waals surface area contributed by atoms with Crippen LogP contribution >= 0.6 is 0 Å². The van der Waals surface area contributed by atoms with Gasteiger partial charge in [0.25, 0.3) is 0 Å². The fourth-order valence-electron chi connectivity index (χ4n) is 8.36. The van der Waals surface area contributed by atoms with Crippen LogP contribution in [0.4, 0.5) is 0 Å². The molecule has 5 heteroatoms. The van der Waals surface area contributed by atoms with Crippen molar-refractivity contribution in [2.45, 2.75) is 297 Å². The smallest absolute Gasteiger partial charge is 0.306 e. The summed E-state index contributed by atoms with van der Waals surface area (Å²) >= 11 is 0. The highest BCUT2D eigenvalue weighted by Crippen LogP contribution is 2.16. The van der Waals surface area contributed by atoms with Crippen LogP contribution in [0.1, 0.15) is 290 Å². The quantitative estimate of drug-likeness (QED) is 0.0345. The minimum absolute atomic E-state index is 0.0752. The van der Waals surface area contributed by atoms with Gasteiger partial charge in [-0.1, -0.05) is 261 Å². The molecule has 0 aromatic rings. The van der Waals surface area contributed by atoms with Gasteiger partial charge in [-0.3, -0.25) is 9.59 Å². The maximum absolute atomic E-state index is 12.9. The molecule has 0 aliphatic carbocycles. The molecule has 0 fully saturated rings. The molecule has 0 bridgehead atoms. The number of hydrogen-bond acceptors (Lipinski definition) is 5. The third-order valence-corrected chi connectivity index (χ3v) is 12.7. The summed E-state index contributed by atoms with van der Waals surface area (Å²) in [5.74, 6) is -0.411. The molecular formula is C63H112O5. The molecule has 1 unspecified atom stereocenters. The lowest BCUT2D eigenvalue weighted by Crippen LogP contribution is -2.30. The summed E-state index contributed by atoms with van der Waals surface area (Å²) in [6, 6.07) is 0. The molecule has 0 radical (unpaired) electrons. The van der Waals surface area contributed by atoms with Crippen LogP contribution in [-0.2, 0) is 23.8 Å². The van der Waals surface area contributed by atoms with Crippen LogP contribution in [0.15, 0.2) is 72.9 Å². The van der Waals surface area contributed by atoms with Crippen LogP contribution < -0.4 is 0 Å². The van der Waals surface area contributed by atoms with Crippen LogP contribution in [0.25, 0.3) is 0 Å². The monoisotopic (exact) mass is 949 g/mol. The zero-order valence-corrected chi connectivity index (χ0v) is 45.4. The van der Waals surface area contributed by atoms with Gasteiger partial charge in [0.2, 0.25) is 0 Å². The summed E-state index contributed by atoms with van der Waals surface area (Å²) in [5.41, 5.74) is 0. The molecule has 0 spiro atoms. The minimum Gasteiger partial charge on any atom is -0.462 e. The van der Waals surface area contributed by atoms with Crippen molar-refractivity contribution in [1.82, 2.24) is 0 Å². The van der Waals surface area contributed by atoms with Crippen molar-refractivity contribution < 1.29 is 23.8 Å². The van der Waals surface area contributed by atoms with Crippen LogP contribution in [0.2, 0.25) is 0 Å². The van der Waals surface area contributed by atoms with E-state index in [0.29, 0.717) is 19.4 Å². The van der Waals surface area contributed by atoms with Gasteiger partial charge in [0.05, 0.1) is 6.61 Å². The van der Waals surface area contributed by atoms with Crippen molar-refractivity contribution in [1.29, 1.82) is 0 Å². The molecule has 0 N–H and O–H groups in total. The van der Waals surface area contributed by atoms with Crippen molar-refractivity contribution in [3.63, 3.8) is 0 Å². The second kappa shape index (κ2) is 58.7. The maximum atomic E-state index is 12.9. The van der Waals surface area contributed by atoms with Gasteiger partial charge >= 0.3 is 11.9 Å². The molecule has 0 saturated carbocycles. The number of rotatable bonds is 54. The minimum atomic E-state index is -0.548. The molecule has 68 heavy (non-hydrogen) atoms. The molecule has 5 nitrogen and oxygen atoms in total. The predicted molar refractivity (Wildman–Crippen MR) is 297 cm³/mol. The van der Waals surface area contributed by atoms with Crippen LogP contribution in [0, 0.1) is 0 Å². The summed E-state index contributed by atoms with van der Waals surface area (Å²) < 4.78 is 17.5. The number of esters is 2. The summed E-state index contributed by atoms with van der Waals surface area (Å²) in [7, 11) is 0. The Hall–Kier alpha value is -2.66. The van der Waals surface area contributed by atoms with Gasteiger partial charge in [-0.25, -0.2) is 0 Å². The lowest BCUT2D eigenvalue weighted by Gasteiger charge is -2.18. The highest BCUT2D eigenvalue weighted by Gasteiger charge is 2.17. The predicted octanol–water partition coefficient (Wildman–Crippen LogP) is 20.2. The zero-order valence-electron chi connectivity index (χ0n) is 45.4. The molecule has 0 aliphatic rings. The fraction of sp³-hybridized carbons (Fsp3) is 0.778. The van der Waals surface area contributed by atoms with Gasteiger partial charge in [-0.2, -0.15) is 0 Å². The third-order valence-electron chi connectivity index (χ3n) is 12.7. The van der Waals surface area contributed by atoms with Gasteiger partial charge in [-0.05, 0) is 89.9 Å². The average Bonchev–Trinajstić information content (AvgIpc) is 3.34. The Labute approximate surface area is 423 Å².